The SMILES string of the molecule is CC.Cc1cscc1-c1nc(NCCc2ccc(O)cc2)c(N)c(N(C)C(C)C)n1. The van der Waals surface area contributed by atoms with Crippen molar-refractivity contribution < 1.29 is 5.11 Å². The van der Waals surface area contributed by atoms with Crippen molar-refractivity contribution in [2.24, 2.45) is 0 Å². The van der Waals surface area contributed by atoms with Crippen molar-refractivity contribution in [1.82, 2.24) is 9.97 Å². The molecule has 0 amide bonds. The minimum absolute atomic E-state index is 0.262. The Morgan fingerprint density at radius 3 is 2.37 bits per heavy atom. The average molecular weight is 428 g/mol. The van der Waals surface area contributed by atoms with Crippen LogP contribution in [0.3, 0.4) is 0 Å². The predicted molar refractivity (Wildman–Crippen MR) is 130 cm³/mol. The summed E-state index contributed by atoms with van der Waals surface area (Å²) in [5, 5.41) is 17.0. The molecule has 1 aromatic carbocycles. The number of hydrogen-bond donors (Lipinski definition) is 3. The van der Waals surface area contributed by atoms with Crippen LogP contribution in [0.5, 0.6) is 5.75 Å². The fourth-order valence-electron chi connectivity index (χ4n) is 2.80. The number of phenols is 1. The maximum Gasteiger partial charge on any atom is 0.165 e. The molecule has 3 aromatic rings. The second kappa shape index (κ2) is 10.8. The van der Waals surface area contributed by atoms with E-state index >= 15 is 0 Å². The zero-order chi connectivity index (χ0) is 22.3. The van der Waals surface area contributed by atoms with Crippen molar-refractivity contribution in [1.29, 1.82) is 0 Å². The number of rotatable bonds is 7. The van der Waals surface area contributed by atoms with E-state index in [9.17, 15) is 5.11 Å². The van der Waals surface area contributed by atoms with Crippen molar-refractivity contribution in [3.63, 3.8) is 0 Å². The van der Waals surface area contributed by atoms with Gasteiger partial charge in [-0.1, -0.05) is 26.0 Å². The summed E-state index contributed by atoms with van der Waals surface area (Å²) in [6.07, 6.45) is 0.798. The van der Waals surface area contributed by atoms with Crippen LogP contribution in [0, 0.1) is 6.92 Å². The smallest absolute Gasteiger partial charge is 0.165 e. The number of phenolic OH excluding ortho intramolecular Hbond substituents is 1. The predicted octanol–water partition coefficient (Wildman–Crippen LogP) is 5.33. The number of nitrogens with one attached hydrogen (secondary N) is 1. The molecule has 0 saturated heterocycles. The Hall–Kier alpha value is -2.80. The lowest BCUT2D eigenvalue weighted by molar-refractivity contribution is 0.475. The highest BCUT2D eigenvalue weighted by Crippen LogP contribution is 2.33. The molecule has 0 radical (unpaired) electrons. The Labute approximate surface area is 183 Å². The molecule has 4 N–H and O–H groups in total. The van der Waals surface area contributed by atoms with Gasteiger partial charge in [0.2, 0.25) is 0 Å². The number of anilines is 3. The van der Waals surface area contributed by atoms with Gasteiger partial charge in [0.1, 0.15) is 11.4 Å². The standard InChI is InChI=1S/C21H27N5OS.C2H6/c1-13(2)26(4)21-18(22)20(23-10-9-15-5-7-16(27)8-6-15)24-19(25-21)17-12-28-11-14(17)3;1-2/h5-8,11-13,27H,9-10,22H2,1-4H3,(H,23,24,25);1-2H3. The Bertz CT molecular complexity index is 937. The molecular weight excluding hydrogens is 394 g/mol. The highest BCUT2D eigenvalue weighted by atomic mass is 32.1. The first-order chi connectivity index (χ1) is 14.4. The average Bonchev–Trinajstić information content (AvgIpc) is 3.17. The van der Waals surface area contributed by atoms with Gasteiger partial charge >= 0.3 is 0 Å². The van der Waals surface area contributed by atoms with Gasteiger partial charge < -0.3 is 21.1 Å². The van der Waals surface area contributed by atoms with Gasteiger partial charge in [-0.25, -0.2) is 9.97 Å². The number of aryl methyl sites for hydroxylation is 1. The lowest BCUT2D eigenvalue weighted by atomic mass is 10.1. The third-order valence-corrected chi connectivity index (χ3v) is 5.63. The molecule has 162 valence electrons. The molecule has 2 aromatic heterocycles. The van der Waals surface area contributed by atoms with E-state index in [0.717, 1.165) is 28.9 Å². The fraction of sp³-hybridized carbons (Fsp3) is 0.391. The van der Waals surface area contributed by atoms with Crippen LogP contribution in [-0.4, -0.2) is 34.7 Å². The minimum atomic E-state index is 0.262. The second-order valence-corrected chi connectivity index (χ2v) is 7.89. The van der Waals surface area contributed by atoms with E-state index in [1.54, 1.807) is 23.5 Å². The van der Waals surface area contributed by atoms with Gasteiger partial charge in [-0.15, -0.1) is 0 Å². The first-order valence-electron chi connectivity index (χ1n) is 10.3. The normalized spacial score (nSPS) is 10.5. The lowest BCUT2D eigenvalue weighted by Crippen LogP contribution is -2.28. The highest BCUT2D eigenvalue weighted by molar-refractivity contribution is 7.08. The van der Waals surface area contributed by atoms with E-state index in [4.69, 9.17) is 15.7 Å². The van der Waals surface area contributed by atoms with Crippen molar-refractivity contribution in [2.45, 2.75) is 47.1 Å². The van der Waals surface area contributed by atoms with Crippen LogP contribution in [0.1, 0.15) is 38.8 Å². The fourth-order valence-corrected chi connectivity index (χ4v) is 3.63. The quantitative estimate of drug-likeness (QED) is 0.473. The first kappa shape index (κ1) is 23.5. The van der Waals surface area contributed by atoms with Gasteiger partial charge in [-0.3, -0.25) is 0 Å². The molecule has 7 heteroatoms. The molecule has 0 bridgehead atoms. The zero-order valence-electron chi connectivity index (χ0n) is 18.7. The van der Waals surface area contributed by atoms with Gasteiger partial charge in [0, 0.05) is 30.6 Å². The summed E-state index contributed by atoms with van der Waals surface area (Å²) in [4.78, 5) is 11.5. The van der Waals surface area contributed by atoms with Gasteiger partial charge in [-0.05, 0) is 55.8 Å². The summed E-state index contributed by atoms with van der Waals surface area (Å²) in [7, 11) is 1.99. The van der Waals surface area contributed by atoms with E-state index in [0.29, 0.717) is 23.9 Å². The largest absolute Gasteiger partial charge is 0.508 e. The molecule has 0 unspecified atom stereocenters. The third kappa shape index (κ3) is 5.63. The van der Waals surface area contributed by atoms with Crippen molar-refractivity contribution in [3.05, 3.63) is 46.2 Å². The zero-order valence-corrected chi connectivity index (χ0v) is 19.5. The molecular formula is C23H33N5OS. The van der Waals surface area contributed by atoms with Crippen LogP contribution >= 0.6 is 11.3 Å². The van der Waals surface area contributed by atoms with Crippen LogP contribution in [0.15, 0.2) is 35.0 Å². The monoisotopic (exact) mass is 427 g/mol. The molecule has 0 aliphatic rings. The Morgan fingerprint density at radius 1 is 1.13 bits per heavy atom. The molecule has 0 aliphatic heterocycles. The van der Waals surface area contributed by atoms with E-state index in [2.05, 4.69) is 41.7 Å². The van der Waals surface area contributed by atoms with Gasteiger partial charge in [0.15, 0.2) is 17.5 Å². The van der Waals surface area contributed by atoms with Crippen LogP contribution in [0.4, 0.5) is 17.3 Å². The lowest BCUT2D eigenvalue weighted by Gasteiger charge is -2.25. The number of thiophene rings is 1. The number of nitrogens with zero attached hydrogens (tertiary/aromatic N) is 3. The summed E-state index contributed by atoms with van der Waals surface area (Å²) >= 11 is 1.64. The molecule has 0 saturated carbocycles. The molecule has 2 heterocycles. The van der Waals surface area contributed by atoms with Gasteiger partial charge in [0.25, 0.3) is 0 Å². The van der Waals surface area contributed by atoms with Crippen LogP contribution in [-0.2, 0) is 6.42 Å². The van der Waals surface area contributed by atoms with E-state index in [1.807, 2.05) is 33.0 Å². The summed E-state index contributed by atoms with van der Waals surface area (Å²) in [6, 6.07) is 7.48. The topological polar surface area (TPSA) is 87.3 Å². The summed E-state index contributed by atoms with van der Waals surface area (Å²) < 4.78 is 0. The second-order valence-electron chi connectivity index (χ2n) is 7.15. The number of hydrogen-bond acceptors (Lipinski definition) is 7. The number of benzene rings is 1. The molecule has 0 aliphatic carbocycles. The molecule has 0 fully saturated rings. The van der Waals surface area contributed by atoms with Crippen molar-refractivity contribution in [2.75, 3.05) is 29.5 Å². The molecule has 3 rings (SSSR count). The van der Waals surface area contributed by atoms with Gasteiger partial charge in [-0.2, -0.15) is 11.3 Å². The van der Waals surface area contributed by atoms with Crippen LogP contribution in [0.25, 0.3) is 11.4 Å². The number of nitrogen functional groups attached to an aromatic ring is 1. The number of aromatic hydroxyl groups is 1. The van der Waals surface area contributed by atoms with E-state index in [-0.39, 0.29) is 11.8 Å². The summed E-state index contributed by atoms with van der Waals surface area (Å²) in [5.41, 5.74) is 10.3. The third-order valence-electron chi connectivity index (χ3n) is 4.77. The van der Waals surface area contributed by atoms with E-state index in [1.165, 1.54) is 0 Å². The highest BCUT2D eigenvalue weighted by Gasteiger charge is 2.19. The summed E-state index contributed by atoms with van der Waals surface area (Å²) in [6.45, 7) is 11.0. The molecule has 6 nitrogen and oxygen atoms in total. The Kier molecular flexibility index (Phi) is 8.47. The minimum Gasteiger partial charge on any atom is -0.508 e. The number of nitrogens with two attached hydrogens (primary N) is 1. The van der Waals surface area contributed by atoms with Crippen molar-refractivity contribution >= 4 is 28.7 Å². The Morgan fingerprint density at radius 2 is 1.80 bits per heavy atom. The summed E-state index contributed by atoms with van der Waals surface area (Å²) in [5.74, 6) is 2.34. The molecule has 0 atom stereocenters. The van der Waals surface area contributed by atoms with Crippen LogP contribution in [0.2, 0.25) is 0 Å². The molecule has 0 spiro atoms. The maximum atomic E-state index is 9.41. The number of aromatic nitrogens is 2. The van der Waals surface area contributed by atoms with Crippen LogP contribution < -0.4 is 16.0 Å². The Balaban J connectivity index is 0.00000155. The van der Waals surface area contributed by atoms with Gasteiger partial charge in [0.05, 0.1) is 0 Å². The first-order valence-corrected chi connectivity index (χ1v) is 11.3. The maximum absolute atomic E-state index is 9.41. The van der Waals surface area contributed by atoms with E-state index < -0.39 is 0 Å². The molecule has 30 heavy (non-hydrogen) atoms. The van der Waals surface area contributed by atoms with Crippen molar-refractivity contribution in [3.8, 4) is 17.1 Å².